The third kappa shape index (κ3) is 5.34. The molecule has 2 heterocycles. The van der Waals surface area contributed by atoms with E-state index in [1.54, 1.807) is 6.20 Å². The van der Waals surface area contributed by atoms with E-state index in [-0.39, 0.29) is 5.91 Å². The van der Waals surface area contributed by atoms with E-state index in [4.69, 9.17) is 4.74 Å². The van der Waals surface area contributed by atoms with Gasteiger partial charge in [0.2, 0.25) is 5.91 Å². The molecule has 0 aliphatic carbocycles. The Balaban J connectivity index is 1.84. The average Bonchev–Trinajstić information content (AvgIpc) is 2.52. The predicted molar refractivity (Wildman–Crippen MR) is 83.2 cm³/mol. The van der Waals surface area contributed by atoms with E-state index in [1.807, 2.05) is 12.1 Å². The quantitative estimate of drug-likeness (QED) is 0.870. The van der Waals surface area contributed by atoms with Crippen LogP contribution in [0.15, 0.2) is 18.3 Å². The maximum absolute atomic E-state index is 11.8. The predicted octanol–water partition coefficient (Wildman–Crippen LogP) is 1.97. The van der Waals surface area contributed by atoms with Gasteiger partial charge in [0.1, 0.15) is 5.82 Å². The molecule has 21 heavy (non-hydrogen) atoms. The first-order valence-corrected chi connectivity index (χ1v) is 7.69. The Morgan fingerprint density at radius 1 is 1.43 bits per heavy atom. The number of pyridine rings is 1. The van der Waals surface area contributed by atoms with Crippen molar-refractivity contribution in [1.82, 2.24) is 10.3 Å². The van der Waals surface area contributed by atoms with Crippen LogP contribution >= 0.6 is 0 Å². The molecule has 1 saturated heterocycles. The van der Waals surface area contributed by atoms with Crippen LogP contribution in [-0.2, 0) is 16.1 Å². The maximum Gasteiger partial charge on any atom is 0.220 e. The first-order valence-electron chi connectivity index (χ1n) is 7.69. The Morgan fingerprint density at radius 2 is 2.19 bits per heavy atom. The van der Waals surface area contributed by atoms with E-state index in [0.29, 0.717) is 18.9 Å². The van der Waals surface area contributed by atoms with Crippen molar-refractivity contribution < 1.29 is 9.53 Å². The van der Waals surface area contributed by atoms with Gasteiger partial charge in [-0.15, -0.1) is 0 Å². The highest BCUT2D eigenvalue weighted by molar-refractivity contribution is 5.75. The van der Waals surface area contributed by atoms with Crippen LogP contribution in [0.4, 0.5) is 5.82 Å². The molecule has 1 aliphatic heterocycles. The number of morpholine rings is 1. The number of carbonyl (C=O) groups excluding carboxylic acids is 1. The molecule has 1 aromatic rings. The van der Waals surface area contributed by atoms with Crippen LogP contribution in [0.3, 0.4) is 0 Å². The number of nitrogens with one attached hydrogen (secondary N) is 1. The van der Waals surface area contributed by atoms with Crippen LogP contribution in [0.5, 0.6) is 0 Å². The monoisotopic (exact) mass is 291 g/mol. The molecule has 0 radical (unpaired) electrons. The van der Waals surface area contributed by atoms with Crippen LogP contribution in [0.1, 0.15) is 32.3 Å². The highest BCUT2D eigenvalue weighted by atomic mass is 16.5. The number of hydrogen-bond acceptors (Lipinski definition) is 4. The Bertz CT molecular complexity index is 457. The number of anilines is 1. The van der Waals surface area contributed by atoms with E-state index >= 15 is 0 Å². The highest BCUT2D eigenvalue weighted by Gasteiger charge is 2.12. The number of hydrogen-bond donors (Lipinski definition) is 1. The van der Waals surface area contributed by atoms with E-state index in [1.165, 1.54) is 0 Å². The molecule has 0 spiro atoms. The summed E-state index contributed by atoms with van der Waals surface area (Å²) in [5, 5.41) is 2.97. The molecular weight excluding hydrogens is 266 g/mol. The molecule has 2 rings (SSSR count). The second kappa shape index (κ2) is 7.98. The lowest BCUT2D eigenvalue weighted by molar-refractivity contribution is -0.121. The lowest BCUT2D eigenvalue weighted by atomic mass is 10.1. The van der Waals surface area contributed by atoms with E-state index < -0.39 is 0 Å². The summed E-state index contributed by atoms with van der Waals surface area (Å²) in [7, 11) is 0. The van der Waals surface area contributed by atoms with Gasteiger partial charge >= 0.3 is 0 Å². The number of ether oxygens (including phenoxy) is 1. The average molecular weight is 291 g/mol. The molecule has 1 N–H and O–H groups in total. The van der Waals surface area contributed by atoms with Crippen molar-refractivity contribution >= 4 is 11.7 Å². The van der Waals surface area contributed by atoms with Crippen LogP contribution in [0.25, 0.3) is 0 Å². The standard InChI is InChI=1S/C16H25N3O2/c1-13(2)3-4-16(20)18-12-14-5-6-17-15(11-14)19-7-9-21-10-8-19/h5-6,11,13H,3-4,7-10,12H2,1-2H3,(H,18,20). The minimum Gasteiger partial charge on any atom is -0.378 e. The zero-order chi connectivity index (χ0) is 15.1. The van der Waals surface area contributed by atoms with Gasteiger partial charge in [0.05, 0.1) is 13.2 Å². The number of carbonyl (C=O) groups is 1. The minimum atomic E-state index is 0.119. The van der Waals surface area contributed by atoms with E-state index in [2.05, 4.69) is 29.0 Å². The van der Waals surface area contributed by atoms with Gasteiger partial charge in [0.15, 0.2) is 0 Å². The topological polar surface area (TPSA) is 54.5 Å². The highest BCUT2D eigenvalue weighted by Crippen LogP contribution is 2.14. The van der Waals surface area contributed by atoms with Crippen molar-refractivity contribution in [3.63, 3.8) is 0 Å². The number of amides is 1. The Kier molecular flexibility index (Phi) is 5.99. The number of rotatable bonds is 6. The van der Waals surface area contributed by atoms with Crippen LogP contribution in [0.2, 0.25) is 0 Å². The Morgan fingerprint density at radius 3 is 2.90 bits per heavy atom. The molecule has 0 bridgehead atoms. The summed E-state index contributed by atoms with van der Waals surface area (Å²) in [6.45, 7) is 8.07. The van der Waals surface area contributed by atoms with Crippen LogP contribution < -0.4 is 10.2 Å². The fraction of sp³-hybridized carbons (Fsp3) is 0.625. The van der Waals surface area contributed by atoms with Gasteiger partial charge in [-0.2, -0.15) is 0 Å². The molecule has 0 saturated carbocycles. The zero-order valence-electron chi connectivity index (χ0n) is 13.0. The number of aromatic nitrogens is 1. The molecule has 0 unspecified atom stereocenters. The summed E-state index contributed by atoms with van der Waals surface area (Å²) in [6, 6.07) is 4.00. The Labute approximate surface area is 126 Å². The molecule has 5 heteroatoms. The minimum absolute atomic E-state index is 0.119. The molecule has 1 fully saturated rings. The van der Waals surface area contributed by atoms with Crippen molar-refractivity contribution in [3.05, 3.63) is 23.9 Å². The Hall–Kier alpha value is -1.62. The van der Waals surface area contributed by atoms with Gasteiger partial charge in [-0.25, -0.2) is 4.98 Å². The second-order valence-electron chi connectivity index (χ2n) is 5.83. The maximum atomic E-state index is 11.8. The van der Waals surface area contributed by atoms with Gasteiger partial charge in [-0.05, 0) is 30.0 Å². The summed E-state index contributed by atoms with van der Waals surface area (Å²) >= 11 is 0. The van der Waals surface area contributed by atoms with Gasteiger partial charge in [0, 0.05) is 32.3 Å². The molecule has 0 aromatic carbocycles. The van der Waals surface area contributed by atoms with Crippen molar-refractivity contribution in [2.24, 2.45) is 5.92 Å². The smallest absolute Gasteiger partial charge is 0.220 e. The second-order valence-corrected chi connectivity index (χ2v) is 5.83. The summed E-state index contributed by atoms with van der Waals surface area (Å²) in [4.78, 5) is 18.4. The number of nitrogens with zero attached hydrogens (tertiary/aromatic N) is 2. The molecule has 0 atom stereocenters. The van der Waals surface area contributed by atoms with Crippen molar-refractivity contribution in [3.8, 4) is 0 Å². The third-order valence-corrected chi connectivity index (χ3v) is 3.58. The zero-order valence-corrected chi connectivity index (χ0v) is 13.0. The molecule has 1 amide bonds. The van der Waals surface area contributed by atoms with Crippen molar-refractivity contribution in [2.45, 2.75) is 33.2 Å². The van der Waals surface area contributed by atoms with Crippen LogP contribution in [-0.4, -0.2) is 37.2 Å². The third-order valence-electron chi connectivity index (χ3n) is 3.58. The summed E-state index contributed by atoms with van der Waals surface area (Å²) in [6.07, 6.45) is 3.33. The van der Waals surface area contributed by atoms with Gasteiger partial charge in [-0.1, -0.05) is 13.8 Å². The van der Waals surface area contributed by atoms with E-state index in [9.17, 15) is 4.79 Å². The van der Waals surface area contributed by atoms with Gasteiger partial charge in [-0.3, -0.25) is 4.79 Å². The van der Waals surface area contributed by atoms with Crippen molar-refractivity contribution in [2.75, 3.05) is 31.2 Å². The molecular formula is C16H25N3O2. The molecule has 116 valence electrons. The summed E-state index contributed by atoms with van der Waals surface area (Å²) < 4.78 is 5.35. The molecule has 5 nitrogen and oxygen atoms in total. The van der Waals surface area contributed by atoms with Crippen molar-refractivity contribution in [1.29, 1.82) is 0 Å². The lowest BCUT2D eigenvalue weighted by Gasteiger charge is -2.28. The summed E-state index contributed by atoms with van der Waals surface area (Å²) in [5.74, 6) is 1.64. The van der Waals surface area contributed by atoms with Gasteiger partial charge in [0.25, 0.3) is 0 Å². The largest absolute Gasteiger partial charge is 0.378 e. The lowest BCUT2D eigenvalue weighted by Crippen LogP contribution is -2.36. The SMILES string of the molecule is CC(C)CCC(=O)NCc1ccnc(N2CCOCC2)c1. The first-order chi connectivity index (χ1) is 10.1. The fourth-order valence-corrected chi connectivity index (χ4v) is 2.24. The van der Waals surface area contributed by atoms with Gasteiger partial charge < -0.3 is 15.0 Å². The van der Waals surface area contributed by atoms with E-state index in [0.717, 1.165) is 44.1 Å². The summed E-state index contributed by atoms with van der Waals surface area (Å²) in [5.41, 5.74) is 1.09. The molecule has 1 aliphatic rings. The first kappa shape index (κ1) is 15.8. The normalized spacial score (nSPS) is 15.3. The molecule has 1 aromatic heterocycles. The fourth-order valence-electron chi connectivity index (χ4n) is 2.24. The van der Waals surface area contributed by atoms with Crippen LogP contribution in [0, 0.1) is 5.92 Å².